The number of benzene rings is 1. The second-order valence-corrected chi connectivity index (χ2v) is 4.32. The summed E-state index contributed by atoms with van der Waals surface area (Å²) in [7, 11) is 0. The molecule has 0 aliphatic heterocycles. The third kappa shape index (κ3) is 2.31. The van der Waals surface area contributed by atoms with Gasteiger partial charge in [0.1, 0.15) is 11.2 Å². The summed E-state index contributed by atoms with van der Waals surface area (Å²) in [5.41, 5.74) is 0.244. The first-order valence-electron chi connectivity index (χ1n) is 5.09. The van der Waals surface area contributed by atoms with E-state index in [1.54, 1.807) is 0 Å². The van der Waals surface area contributed by atoms with E-state index in [4.69, 9.17) is 17.4 Å². The Kier molecular flexibility index (Phi) is 3.27. The molecular formula is C11H8ClF4N3. The molecule has 0 fully saturated rings. The summed E-state index contributed by atoms with van der Waals surface area (Å²) in [5, 5.41) is 0.139. The fraction of sp³-hybridized carbons (Fsp3) is 0.182. The van der Waals surface area contributed by atoms with Gasteiger partial charge in [0.25, 0.3) is 0 Å². The number of nitrogen functional groups attached to an aromatic ring is 1. The molecule has 0 aliphatic carbocycles. The lowest BCUT2D eigenvalue weighted by atomic mass is 10.1. The molecule has 2 rings (SSSR count). The first-order valence-corrected chi connectivity index (χ1v) is 5.46. The zero-order chi connectivity index (χ0) is 14.4. The van der Waals surface area contributed by atoms with Crippen LogP contribution in [0.25, 0.3) is 10.9 Å². The van der Waals surface area contributed by atoms with Gasteiger partial charge in [-0.1, -0.05) is 11.6 Å². The Morgan fingerprint density at radius 2 is 1.95 bits per heavy atom. The van der Waals surface area contributed by atoms with Gasteiger partial charge in [0.2, 0.25) is 0 Å². The van der Waals surface area contributed by atoms with Crippen molar-refractivity contribution in [2.75, 3.05) is 5.43 Å². The van der Waals surface area contributed by atoms with Crippen LogP contribution in [0.15, 0.2) is 12.1 Å². The largest absolute Gasteiger partial charge is 0.433 e. The van der Waals surface area contributed by atoms with Crippen LogP contribution in [0.5, 0.6) is 0 Å². The molecule has 0 saturated heterocycles. The van der Waals surface area contributed by atoms with E-state index in [-0.39, 0.29) is 21.7 Å². The minimum atomic E-state index is -4.70. The molecule has 0 aliphatic rings. The lowest BCUT2D eigenvalue weighted by Gasteiger charge is -2.16. The number of alkyl halides is 3. The van der Waals surface area contributed by atoms with Crippen LogP contribution in [0.1, 0.15) is 11.3 Å². The topological polar surface area (TPSA) is 50.9 Å². The SMILES string of the molecule is Cc1c(C(F)(F)F)nc2c(F)cc(Cl)cc2c1NN. The van der Waals surface area contributed by atoms with E-state index >= 15 is 0 Å². The Labute approximate surface area is 110 Å². The zero-order valence-electron chi connectivity index (χ0n) is 9.57. The molecule has 102 valence electrons. The first-order chi connectivity index (χ1) is 8.75. The number of nitrogens with zero attached hydrogens (tertiary/aromatic N) is 1. The highest BCUT2D eigenvalue weighted by Gasteiger charge is 2.36. The summed E-state index contributed by atoms with van der Waals surface area (Å²) < 4.78 is 52.2. The van der Waals surface area contributed by atoms with Crippen LogP contribution in [-0.4, -0.2) is 4.98 Å². The summed E-state index contributed by atoms with van der Waals surface area (Å²) in [4.78, 5) is 3.34. The minimum Gasteiger partial charge on any atom is -0.323 e. The molecule has 0 saturated carbocycles. The Bertz CT molecular complexity index is 655. The quantitative estimate of drug-likeness (QED) is 0.479. The monoisotopic (exact) mass is 293 g/mol. The standard InChI is InChI=1S/C11H8ClF4N3/c1-4-8(19-17)6-2-5(12)3-7(13)9(6)18-10(4)11(14,15)16/h2-3H,17H2,1H3,(H,18,19). The molecule has 1 heterocycles. The van der Waals surface area contributed by atoms with Crippen molar-refractivity contribution < 1.29 is 17.6 Å². The number of nitrogens with two attached hydrogens (primary N) is 1. The minimum absolute atomic E-state index is 0.0439. The highest BCUT2D eigenvalue weighted by molar-refractivity contribution is 6.31. The number of hydrogen-bond donors (Lipinski definition) is 2. The molecule has 0 spiro atoms. The molecule has 0 radical (unpaired) electrons. The van der Waals surface area contributed by atoms with Crippen molar-refractivity contribution in [1.82, 2.24) is 4.98 Å². The zero-order valence-corrected chi connectivity index (χ0v) is 10.3. The molecule has 0 unspecified atom stereocenters. The molecule has 0 amide bonds. The summed E-state index contributed by atoms with van der Waals surface area (Å²) in [6.45, 7) is 1.20. The summed E-state index contributed by atoms with van der Waals surface area (Å²) in [6.07, 6.45) is -4.70. The van der Waals surface area contributed by atoms with Gasteiger partial charge in [0.05, 0.1) is 5.69 Å². The fourth-order valence-electron chi connectivity index (χ4n) is 1.85. The maximum atomic E-state index is 13.7. The van der Waals surface area contributed by atoms with E-state index in [2.05, 4.69) is 10.4 Å². The number of aromatic nitrogens is 1. The molecule has 3 N–H and O–H groups in total. The van der Waals surface area contributed by atoms with Gasteiger partial charge in [-0.05, 0) is 19.1 Å². The molecule has 0 bridgehead atoms. The molecule has 8 heteroatoms. The van der Waals surface area contributed by atoms with Gasteiger partial charge in [0.15, 0.2) is 5.82 Å². The van der Waals surface area contributed by atoms with Crippen molar-refractivity contribution in [3.8, 4) is 0 Å². The summed E-state index contributed by atoms with van der Waals surface area (Å²) >= 11 is 5.68. The predicted molar refractivity (Wildman–Crippen MR) is 64.3 cm³/mol. The lowest BCUT2D eigenvalue weighted by Crippen LogP contribution is -2.16. The lowest BCUT2D eigenvalue weighted by molar-refractivity contribution is -0.141. The van der Waals surface area contributed by atoms with Gasteiger partial charge in [-0.2, -0.15) is 13.2 Å². The van der Waals surface area contributed by atoms with Crippen LogP contribution in [0, 0.1) is 12.7 Å². The van der Waals surface area contributed by atoms with Crippen molar-refractivity contribution in [2.45, 2.75) is 13.1 Å². The highest BCUT2D eigenvalue weighted by Crippen LogP contribution is 2.38. The van der Waals surface area contributed by atoms with Crippen LogP contribution >= 0.6 is 11.6 Å². The average molecular weight is 294 g/mol. The molecule has 2 aromatic rings. The van der Waals surface area contributed by atoms with Gasteiger partial charge >= 0.3 is 6.18 Å². The van der Waals surface area contributed by atoms with Crippen LogP contribution in [0.2, 0.25) is 5.02 Å². The second kappa shape index (κ2) is 4.50. The molecule has 1 aromatic carbocycles. The maximum absolute atomic E-state index is 13.7. The van der Waals surface area contributed by atoms with Crippen molar-refractivity contribution >= 4 is 28.2 Å². The van der Waals surface area contributed by atoms with E-state index in [1.807, 2.05) is 0 Å². The third-order valence-electron chi connectivity index (χ3n) is 2.66. The van der Waals surface area contributed by atoms with Gasteiger partial charge in [0, 0.05) is 16.0 Å². The van der Waals surface area contributed by atoms with Crippen molar-refractivity contribution in [2.24, 2.45) is 5.84 Å². The molecular weight excluding hydrogens is 286 g/mol. The smallest absolute Gasteiger partial charge is 0.323 e. The van der Waals surface area contributed by atoms with E-state index in [1.165, 1.54) is 13.0 Å². The molecule has 1 aromatic heterocycles. The van der Waals surface area contributed by atoms with E-state index in [9.17, 15) is 17.6 Å². The maximum Gasteiger partial charge on any atom is 0.433 e. The van der Waals surface area contributed by atoms with E-state index < -0.39 is 23.2 Å². The number of fused-ring (bicyclic) bond motifs is 1. The number of hydrazine groups is 1. The number of nitrogens with one attached hydrogen (secondary N) is 1. The van der Waals surface area contributed by atoms with Crippen molar-refractivity contribution in [3.05, 3.63) is 34.2 Å². The second-order valence-electron chi connectivity index (χ2n) is 3.89. The van der Waals surface area contributed by atoms with Crippen molar-refractivity contribution in [1.29, 1.82) is 0 Å². The summed E-state index contributed by atoms with van der Waals surface area (Å²) in [6, 6.07) is 2.20. The van der Waals surface area contributed by atoms with Crippen LogP contribution < -0.4 is 11.3 Å². The third-order valence-corrected chi connectivity index (χ3v) is 2.88. The summed E-state index contributed by atoms with van der Waals surface area (Å²) in [5.74, 6) is 4.28. The Hall–Kier alpha value is -1.60. The number of hydrogen-bond acceptors (Lipinski definition) is 3. The van der Waals surface area contributed by atoms with Crippen LogP contribution in [0.4, 0.5) is 23.2 Å². The number of pyridine rings is 1. The number of halogens is 5. The normalized spacial score (nSPS) is 11.9. The molecule has 19 heavy (non-hydrogen) atoms. The van der Waals surface area contributed by atoms with Gasteiger partial charge in [-0.25, -0.2) is 9.37 Å². The number of rotatable bonds is 1. The van der Waals surface area contributed by atoms with Gasteiger partial charge in [-0.15, -0.1) is 0 Å². The van der Waals surface area contributed by atoms with E-state index in [0.717, 1.165) is 6.07 Å². The number of anilines is 1. The average Bonchev–Trinajstić information content (AvgIpc) is 2.26. The van der Waals surface area contributed by atoms with Gasteiger partial charge < -0.3 is 5.43 Å². The Morgan fingerprint density at radius 3 is 2.47 bits per heavy atom. The van der Waals surface area contributed by atoms with Crippen molar-refractivity contribution in [3.63, 3.8) is 0 Å². The Morgan fingerprint density at radius 1 is 1.32 bits per heavy atom. The van der Waals surface area contributed by atoms with Gasteiger partial charge in [-0.3, -0.25) is 5.84 Å². The molecule has 3 nitrogen and oxygen atoms in total. The predicted octanol–water partition coefficient (Wildman–Crippen LogP) is 3.64. The molecule has 0 atom stereocenters. The Balaban J connectivity index is 2.95. The first kappa shape index (κ1) is 13.8. The van der Waals surface area contributed by atoms with Crippen LogP contribution in [0.3, 0.4) is 0 Å². The van der Waals surface area contributed by atoms with E-state index in [0.29, 0.717) is 0 Å². The van der Waals surface area contributed by atoms with Crippen LogP contribution in [-0.2, 0) is 6.18 Å². The fourth-order valence-corrected chi connectivity index (χ4v) is 2.05. The highest BCUT2D eigenvalue weighted by atomic mass is 35.5.